The lowest BCUT2D eigenvalue weighted by atomic mass is 10.0. The van der Waals surface area contributed by atoms with Crippen molar-refractivity contribution in [1.82, 2.24) is 0 Å². The van der Waals surface area contributed by atoms with Gasteiger partial charge in [-0.2, -0.15) is 0 Å². The minimum absolute atomic E-state index is 0.0347. The van der Waals surface area contributed by atoms with Crippen molar-refractivity contribution >= 4 is 0 Å². The van der Waals surface area contributed by atoms with Crippen LogP contribution in [0.25, 0.3) is 0 Å². The highest BCUT2D eigenvalue weighted by Gasteiger charge is 1.95. The van der Waals surface area contributed by atoms with Crippen LogP contribution in [-0.4, -0.2) is 6.61 Å². The fourth-order valence-corrected chi connectivity index (χ4v) is 1.49. The van der Waals surface area contributed by atoms with E-state index in [0.717, 1.165) is 12.8 Å². The maximum atomic E-state index is 10.3. The smallest absolute Gasteiger partial charge is 0.0825 e. The number of benzene rings is 1. The Morgan fingerprint density at radius 1 is 1.08 bits per heavy atom. The van der Waals surface area contributed by atoms with Gasteiger partial charge in [0.1, 0.15) is 0 Å². The fourth-order valence-electron chi connectivity index (χ4n) is 1.49. The molecule has 0 spiro atoms. The van der Waals surface area contributed by atoms with Gasteiger partial charge in [-0.3, -0.25) is 0 Å². The molecule has 1 aromatic rings. The van der Waals surface area contributed by atoms with E-state index in [0.29, 0.717) is 0 Å². The van der Waals surface area contributed by atoms with Crippen LogP contribution in [0.5, 0.6) is 0 Å². The van der Waals surface area contributed by atoms with Gasteiger partial charge in [0.2, 0.25) is 0 Å². The van der Waals surface area contributed by atoms with Gasteiger partial charge >= 0.3 is 0 Å². The van der Waals surface area contributed by atoms with E-state index in [2.05, 4.69) is 32.0 Å². The molecular formula is C11H15O. The molecule has 1 nitrogen and oxygen atoms in total. The quantitative estimate of drug-likeness (QED) is 0.653. The first-order valence-corrected chi connectivity index (χ1v) is 4.37. The lowest BCUT2D eigenvalue weighted by Gasteiger charge is -2.02. The van der Waals surface area contributed by atoms with E-state index >= 15 is 0 Å². The molecule has 1 rings (SSSR count). The van der Waals surface area contributed by atoms with Crippen LogP contribution in [0.15, 0.2) is 18.2 Å². The molecule has 0 amide bonds. The molecule has 1 aromatic carbocycles. The zero-order valence-corrected chi connectivity index (χ0v) is 7.76. The van der Waals surface area contributed by atoms with Crippen LogP contribution in [0, 0.1) is 13.8 Å². The fraction of sp³-hybridized carbons (Fsp3) is 0.455. The van der Waals surface area contributed by atoms with Crippen molar-refractivity contribution in [3.05, 3.63) is 34.9 Å². The first kappa shape index (κ1) is 9.27. The molecule has 0 bridgehead atoms. The summed E-state index contributed by atoms with van der Waals surface area (Å²) in [5, 5.41) is 10.3. The third-order valence-electron chi connectivity index (χ3n) is 1.89. The molecule has 0 heterocycles. The molecule has 0 N–H and O–H groups in total. The molecule has 1 heteroatoms. The summed E-state index contributed by atoms with van der Waals surface area (Å²) in [5.41, 5.74) is 3.87. The topological polar surface area (TPSA) is 19.9 Å². The molecule has 0 aliphatic heterocycles. The summed E-state index contributed by atoms with van der Waals surface area (Å²) in [4.78, 5) is 0. The molecule has 0 atom stereocenters. The Morgan fingerprint density at radius 3 is 2.17 bits per heavy atom. The number of hydrogen-bond donors (Lipinski definition) is 0. The van der Waals surface area contributed by atoms with Crippen LogP contribution >= 0.6 is 0 Å². The minimum Gasteiger partial charge on any atom is -0.237 e. The van der Waals surface area contributed by atoms with Crippen LogP contribution in [-0.2, 0) is 11.5 Å². The molecule has 0 aromatic heterocycles. The Hall–Kier alpha value is -0.820. The first-order chi connectivity index (χ1) is 5.72. The number of aryl methyl sites for hydroxylation is 3. The maximum absolute atomic E-state index is 10.3. The first-order valence-electron chi connectivity index (χ1n) is 4.37. The van der Waals surface area contributed by atoms with Crippen LogP contribution in [0.1, 0.15) is 23.1 Å². The predicted molar refractivity (Wildman–Crippen MR) is 49.8 cm³/mol. The van der Waals surface area contributed by atoms with Crippen LogP contribution in [0.3, 0.4) is 0 Å². The Morgan fingerprint density at radius 2 is 1.67 bits per heavy atom. The molecule has 65 valence electrons. The predicted octanol–water partition coefficient (Wildman–Crippen LogP) is 2.67. The second-order valence-electron chi connectivity index (χ2n) is 3.30. The van der Waals surface area contributed by atoms with E-state index in [4.69, 9.17) is 0 Å². The molecule has 0 aliphatic rings. The van der Waals surface area contributed by atoms with Crippen molar-refractivity contribution in [3.63, 3.8) is 0 Å². The molecule has 0 unspecified atom stereocenters. The summed E-state index contributed by atoms with van der Waals surface area (Å²) in [6, 6.07) is 6.46. The zero-order chi connectivity index (χ0) is 8.97. The van der Waals surface area contributed by atoms with E-state index in [1.54, 1.807) is 0 Å². The van der Waals surface area contributed by atoms with Crippen LogP contribution in [0.2, 0.25) is 0 Å². The van der Waals surface area contributed by atoms with Crippen molar-refractivity contribution < 1.29 is 5.11 Å². The molecule has 1 radical (unpaired) electrons. The van der Waals surface area contributed by atoms with E-state index in [-0.39, 0.29) is 6.61 Å². The van der Waals surface area contributed by atoms with Gasteiger partial charge in [-0.05, 0) is 32.3 Å². The van der Waals surface area contributed by atoms with Gasteiger partial charge in [-0.25, -0.2) is 5.11 Å². The Labute approximate surface area is 74.1 Å². The summed E-state index contributed by atoms with van der Waals surface area (Å²) in [6.07, 6.45) is 1.68. The SMILES string of the molecule is Cc1cc(C)cc(CCC[O])c1. The molecule has 12 heavy (non-hydrogen) atoms. The zero-order valence-electron chi connectivity index (χ0n) is 7.76. The maximum Gasteiger partial charge on any atom is 0.0825 e. The van der Waals surface area contributed by atoms with E-state index in [1.807, 2.05) is 0 Å². The second-order valence-corrected chi connectivity index (χ2v) is 3.30. The monoisotopic (exact) mass is 163 g/mol. The standard InChI is InChI=1S/C11H15O/c1-9-6-10(2)8-11(7-9)4-3-5-12/h6-8H,3-5H2,1-2H3. The lowest BCUT2D eigenvalue weighted by molar-refractivity contribution is 0.189. The highest BCUT2D eigenvalue weighted by Crippen LogP contribution is 2.10. The van der Waals surface area contributed by atoms with Crippen molar-refractivity contribution in [2.75, 3.05) is 6.61 Å². The minimum atomic E-state index is 0.0347. The molecular weight excluding hydrogens is 148 g/mol. The average Bonchev–Trinajstić information content (AvgIpc) is 1.99. The van der Waals surface area contributed by atoms with Gasteiger partial charge in [0, 0.05) is 0 Å². The van der Waals surface area contributed by atoms with E-state index in [9.17, 15) is 5.11 Å². The normalized spacial score (nSPS) is 10.2. The van der Waals surface area contributed by atoms with Crippen molar-refractivity contribution in [2.24, 2.45) is 0 Å². The molecule has 0 fully saturated rings. The molecule has 0 saturated heterocycles. The molecule has 0 saturated carbocycles. The highest BCUT2D eigenvalue weighted by atomic mass is 16.2. The lowest BCUT2D eigenvalue weighted by Crippen LogP contribution is -1.90. The van der Waals surface area contributed by atoms with Gasteiger partial charge in [-0.15, -0.1) is 0 Å². The largest absolute Gasteiger partial charge is 0.237 e. The van der Waals surface area contributed by atoms with Gasteiger partial charge in [0.05, 0.1) is 6.61 Å². The highest BCUT2D eigenvalue weighted by molar-refractivity contribution is 5.28. The van der Waals surface area contributed by atoms with Crippen molar-refractivity contribution in [3.8, 4) is 0 Å². The Bertz CT molecular complexity index is 233. The Kier molecular flexibility index (Phi) is 3.30. The number of rotatable bonds is 3. The third kappa shape index (κ3) is 2.67. The summed E-state index contributed by atoms with van der Waals surface area (Å²) in [6.45, 7) is 4.22. The van der Waals surface area contributed by atoms with Crippen molar-refractivity contribution in [2.45, 2.75) is 26.7 Å². The van der Waals surface area contributed by atoms with Gasteiger partial charge in [0.25, 0.3) is 0 Å². The summed E-state index contributed by atoms with van der Waals surface area (Å²) >= 11 is 0. The van der Waals surface area contributed by atoms with Gasteiger partial charge < -0.3 is 0 Å². The third-order valence-corrected chi connectivity index (χ3v) is 1.89. The summed E-state index contributed by atoms with van der Waals surface area (Å²) in [5.74, 6) is 0. The molecule has 0 aliphatic carbocycles. The van der Waals surface area contributed by atoms with Crippen LogP contribution < -0.4 is 0 Å². The van der Waals surface area contributed by atoms with E-state index < -0.39 is 0 Å². The van der Waals surface area contributed by atoms with Crippen LogP contribution in [0.4, 0.5) is 0 Å². The average molecular weight is 163 g/mol. The second kappa shape index (κ2) is 4.27. The van der Waals surface area contributed by atoms with E-state index in [1.165, 1.54) is 16.7 Å². The van der Waals surface area contributed by atoms with Gasteiger partial charge in [0.15, 0.2) is 0 Å². The summed E-state index contributed by atoms with van der Waals surface area (Å²) < 4.78 is 0. The van der Waals surface area contributed by atoms with Crippen molar-refractivity contribution in [1.29, 1.82) is 0 Å². The number of hydrogen-bond acceptors (Lipinski definition) is 0. The van der Waals surface area contributed by atoms with Gasteiger partial charge in [-0.1, -0.05) is 29.3 Å². The summed E-state index contributed by atoms with van der Waals surface area (Å²) in [7, 11) is 0. The Balaban J connectivity index is 2.72.